The van der Waals surface area contributed by atoms with Crippen LogP contribution in [0.25, 0.3) is 0 Å². The third-order valence-corrected chi connectivity index (χ3v) is 4.39. The average Bonchev–Trinajstić information content (AvgIpc) is 3.13. The fourth-order valence-electron chi connectivity index (χ4n) is 1.93. The molecule has 0 saturated heterocycles. The highest BCUT2D eigenvalue weighted by Gasteiger charge is 2.30. The molecule has 1 rings (SSSR count). The van der Waals surface area contributed by atoms with Crippen molar-refractivity contribution < 1.29 is 23.1 Å². The Kier molecular flexibility index (Phi) is 6.00. The summed E-state index contributed by atoms with van der Waals surface area (Å²) in [6.07, 6.45) is 3.09. The average molecular weight is 320 g/mol. The minimum Gasteiger partial charge on any atom is -0.480 e. The molecule has 1 aliphatic rings. The molecule has 2 amide bonds. The predicted molar refractivity (Wildman–Crippen MR) is 78.8 cm³/mol. The minimum atomic E-state index is -3.26. The molecular formula is C13H24N2O5S. The van der Waals surface area contributed by atoms with Crippen molar-refractivity contribution in [2.24, 2.45) is 5.92 Å². The maximum Gasteiger partial charge on any atom is 0.326 e. The predicted octanol–water partition coefficient (Wildman–Crippen LogP) is 0.704. The van der Waals surface area contributed by atoms with E-state index in [2.05, 4.69) is 5.32 Å². The molecule has 122 valence electrons. The number of carboxylic acids is 1. The Hall–Kier alpha value is -1.31. The monoisotopic (exact) mass is 320 g/mol. The van der Waals surface area contributed by atoms with Crippen molar-refractivity contribution in [3.05, 3.63) is 0 Å². The van der Waals surface area contributed by atoms with E-state index >= 15 is 0 Å². The molecule has 1 atom stereocenters. The molecule has 0 aromatic heterocycles. The van der Waals surface area contributed by atoms with Crippen LogP contribution in [0, 0.1) is 5.92 Å². The largest absolute Gasteiger partial charge is 0.480 e. The molecule has 1 unspecified atom stereocenters. The number of carbonyl (C=O) groups is 2. The summed E-state index contributed by atoms with van der Waals surface area (Å²) >= 11 is 0. The van der Waals surface area contributed by atoms with E-state index < -0.39 is 27.9 Å². The van der Waals surface area contributed by atoms with Gasteiger partial charge < -0.3 is 15.3 Å². The van der Waals surface area contributed by atoms with Crippen LogP contribution in [0.4, 0.5) is 4.79 Å². The van der Waals surface area contributed by atoms with E-state index in [1.807, 2.05) is 13.8 Å². The van der Waals surface area contributed by atoms with Gasteiger partial charge in [0.2, 0.25) is 0 Å². The molecule has 1 saturated carbocycles. The topological polar surface area (TPSA) is 104 Å². The lowest BCUT2D eigenvalue weighted by molar-refractivity contribution is -0.139. The highest BCUT2D eigenvalue weighted by Crippen LogP contribution is 2.30. The molecule has 7 nitrogen and oxygen atoms in total. The van der Waals surface area contributed by atoms with Crippen molar-refractivity contribution in [3.63, 3.8) is 0 Å². The lowest BCUT2D eigenvalue weighted by Gasteiger charge is -2.28. The van der Waals surface area contributed by atoms with E-state index in [9.17, 15) is 18.0 Å². The first-order valence-corrected chi connectivity index (χ1v) is 9.14. The molecule has 0 radical (unpaired) electrons. The number of amides is 2. The molecule has 21 heavy (non-hydrogen) atoms. The number of hydrogen-bond donors (Lipinski definition) is 2. The lowest BCUT2D eigenvalue weighted by atomic mass is 10.2. The van der Waals surface area contributed by atoms with Crippen molar-refractivity contribution in [1.29, 1.82) is 0 Å². The molecule has 2 N–H and O–H groups in total. The van der Waals surface area contributed by atoms with Crippen LogP contribution < -0.4 is 5.32 Å². The van der Waals surface area contributed by atoms with E-state index in [1.54, 1.807) is 4.90 Å². The zero-order valence-electron chi connectivity index (χ0n) is 12.7. The van der Waals surface area contributed by atoms with E-state index in [0.717, 1.165) is 19.1 Å². The Morgan fingerprint density at radius 2 is 1.90 bits per heavy atom. The van der Waals surface area contributed by atoms with Gasteiger partial charge in [-0.2, -0.15) is 0 Å². The first-order valence-electron chi connectivity index (χ1n) is 7.08. The van der Waals surface area contributed by atoms with Crippen molar-refractivity contribution in [1.82, 2.24) is 10.2 Å². The van der Waals surface area contributed by atoms with Gasteiger partial charge in [-0.15, -0.1) is 0 Å². The molecule has 1 aliphatic carbocycles. The number of carboxylic acid groups (broad SMARTS) is 1. The first kappa shape index (κ1) is 17.7. The second-order valence-corrected chi connectivity index (χ2v) is 8.21. The van der Waals surface area contributed by atoms with Crippen LogP contribution in [0.5, 0.6) is 0 Å². The first-order chi connectivity index (χ1) is 9.60. The Labute approximate surface area is 125 Å². The summed E-state index contributed by atoms with van der Waals surface area (Å²) in [5.41, 5.74) is 0. The van der Waals surface area contributed by atoms with E-state index in [-0.39, 0.29) is 18.2 Å². The van der Waals surface area contributed by atoms with Gasteiger partial charge >= 0.3 is 12.0 Å². The summed E-state index contributed by atoms with van der Waals surface area (Å²) in [5.74, 6) is -0.992. The van der Waals surface area contributed by atoms with Crippen LogP contribution in [-0.4, -0.2) is 61.1 Å². The van der Waals surface area contributed by atoms with E-state index in [0.29, 0.717) is 12.5 Å². The minimum absolute atomic E-state index is 0.0325. The fourth-order valence-corrected chi connectivity index (χ4v) is 2.59. The maximum absolute atomic E-state index is 12.2. The number of urea groups is 1. The molecule has 0 heterocycles. The summed E-state index contributed by atoms with van der Waals surface area (Å²) in [6, 6.07) is -1.67. The van der Waals surface area contributed by atoms with Crippen LogP contribution in [0.15, 0.2) is 0 Å². The Bertz CT molecular complexity index is 485. The van der Waals surface area contributed by atoms with Gasteiger partial charge in [-0.1, -0.05) is 0 Å². The number of hydrogen-bond acceptors (Lipinski definition) is 4. The van der Waals surface area contributed by atoms with Gasteiger partial charge in [0.15, 0.2) is 0 Å². The van der Waals surface area contributed by atoms with Crippen molar-refractivity contribution in [3.8, 4) is 0 Å². The van der Waals surface area contributed by atoms with Gasteiger partial charge in [-0.25, -0.2) is 18.0 Å². The number of rotatable bonds is 8. The molecule has 0 aromatic carbocycles. The van der Waals surface area contributed by atoms with E-state index in [4.69, 9.17) is 5.11 Å². The standard InChI is InChI=1S/C13H24N2O5S/c1-9(2)15(8-10-4-5-10)13(18)14-11(12(16)17)6-7-21(3,19)20/h9-11H,4-8H2,1-3H3,(H,14,18)(H,16,17). The van der Waals surface area contributed by atoms with Gasteiger partial charge in [0.1, 0.15) is 15.9 Å². The number of carbonyl (C=O) groups excluding carboxylic acids is 1. The zero-order valence-corrected chi connectivity index (χ0v) is 13.5. The number of aliphatic carboxylic acids is 1. The Balaban J connectivity index is 2.62. The third kappa shape index (κ3) is 6.79. The second-order valence-electron chi connectivity index (χ2n) is 5.95. The summed E-state index contributed by atoms with van der Waals surface area (Å²) in [6.45, 7) is 4.35. The smallest absolute Gasteiger partial charge is 0.326 e. The highest BCUT2D eigenvalue weighted by molar-refractivity contribution is 7.90. The molecule has 0 aromatic rings. The van der Waals surface area contributed by atoms with Crippen LogP contribution in [0.1, 0.15) is 33.1 Å². The van der Waals surface area contributed by atoms with Crippen molar-refractivity contribution >= 4 is 21.8 Å². The third-order valence-electron chi connectivity index (χ3n) is 3.41. The molecule has 0 spiro atoms. The van der Waals surface area contributed by atoms with E-state index in [1.165, 1.54) is 0 Å². The van der Waals surface area contributed by atoms with Gasteiger partial charge in [-0.05, 0) is 39.0 Å². The Morgan fingerprint density at radius 1 is 1.33 bits per heavy atom. The fraction of sp³-hybridized carbons (Fsp3) is 0.846. The highest BCUT2D eigenvalue weighted by atomic mass is 32.2. The van der Waals surface area contributed by atoms with Crippen LogP contribution in [0.2, 0.25) is 0 Å². The molecular weight excluding hydrogens is 296 g/mol. The quantitative estimate of drug-likeness (QED) is 0.685. The normalized spacial score (nSPS) is 16.6. The number of nitrogens with one attached hydrogen (secondary N) is 1. The summed E-state index contributed by atoms with van der Waals surface area (Å²) in [7, 11) is -3.26. The maximum atomic E-state index is 12.2. The number of sulfone groups is 1. The zero-order chi connectivity index (χ0) is 16.2. The van der Waals surface area contributed by atoms with Gasteiger partial charge in [0, 0.05) is 18.8 Å². The molecule has 0 aliphatic heterocycles. The Morgan fingerprint density at radius 3 is 2.29 bits per heavy atom. The lowest BCUT2D eigenvalue weighted by Crippen LogP contribution is -2.51. The SMILES string of the molecule is CC(C)N(CC1CC1)C(=O)NC(CCS(C)(=O)=O)C(=O)O. The second kappa shape index (κ2) is 7.11. The van der Waals surface area contributed by atoms with Crippen LogP contribution in [-0.2, 0) is 14.6 Å². The molecule has 1 fully saturated rings. The van der Waals surface area contributed by atoms with Crippen LogP contribution >= 0.6 is 0 Å². The molecule has 8 heteroatoms. The number of nitrogens with zero attached hydrogens (tertiary/aromatic N) is 1. The van der Waals surface area contributed by atoms with Crippen LogP contribution in [0.3, 0.4) is 0 Å². The summed E-state index contributed by atoms with van der Waals surface area (Å²) in [4.78, 5) is 24.9. The molecule has 0 bridgehead atoms. The summed E-state index contributed by atoms with van der Waals surface area (Å²) in [5, 5.41) is 11.5. The van der Waals surface area contributed by atoms with Gasteiger partial charge in [-0.3, -0.25) is 0 Å². The van der Waals surface area contributed by atoms with Gasteiger partial charge in [0.05, 0.1) is 5.75 Å². The van der Waals surface area contributed by atoms with Crippen molar-refractivity contribution in [2.75, 3.05) is 18.6 Å². The van der Waals surface area contributed by atoms with Gasteiger partial charge in [0.25, 0.3) is 0 Å². The van der Waals surface area contributed by atoms with Crippen molar-refractivity contribution in [2.45, 2.75) is 45.2 Å². The summed E-state index contributed by atoms with van der Waals surface area (Å²) < 4.78 is 22.2.